The second kappa shape index (κ2) is 7.68. The molecule has 0 bridgehead atoms. The van der Waals surface area contributed by atoms with Gasteiger partial charge in [0, 0.05) is 11.8 Å². The van der Waals surface area contributed by atoms with Crippen molar-refractivity contribution in [1.82, 2.24) is 0 Å². The zero-order valence-electron chi connectivity index (χ0n) is 11.7. The van der Waals surface area contributed by atoms with E-state index in [0.717, 1.165) is 0 Å². The monoisotopic (exact) mass is 301 g/mol. The van der Waals surface area contributed by atoms with Crippen LogP contribution in [0.1, 0.15) is 6.42 Å². The minimum absolute atomic E-state index is 0.0506. The molecule has 0 unspecified atom stereocenters. The number of carboxylic acids is 1. The maximum absolute atomic E-state index is 11.7. The fourth-order valence-electron chi connectivity index (χ4n) is 1.66. The third-order valence-corrected chi connectivity index (χ3v) is 2.62. The molecule has 0 radical (unpaired) electrons. The highest BCUT2D eigenvalue weighted by Gasteiger charge is 2.06. The number of anilines is 1. The molecule has 2 aromatic carbocycles. The number of amides is 1. The van der Waals surface area contributed by atoms with Crippen LogP contribution < -0.4 is 14.8 Å². The Morgan fingerprint density at radius 3 is 2.45 bits per heavy atom. The Bertz CT molecular complexity index is 642. The first kappa shape index (κ1) is 15.4. The fraction of sp³-hybridized carbons (Fsp3) is 0.125. The average Bonchev–Trinajstić information content (AvgIpc) is 2.48. The van der Waals surface area contributed by atoms with Gasteiger partial charge in [0.2, 0.25) is 0 Å². The van der Waals surface area contributed by atoms with Gasteiger partial charge in [-0.05, 0) is 24.3 Å². The van der Waals surface area contributed by atoms with Gasteiger partial charge >= 0.3 is 12.1 Å². The quantitative estimate of drug-likeness (QED) is 0.856. The number of aliphatic carboxylic acids is 1. The Labute approximate surface area is 127 Å². The van der Waals surface area contributed by atoms with Gasteiger partial charge in [-0.3, -0.25) is 10.1 Å². The van der Waals surface area contributed by atoms with Crippen molar-refractivity contribution in [3.8, 4) is 11.5 Å². The number of hydrogen-bond acceptors (Lipinski definition) is 4. The predicted molar refractivity (Wildman–Crippen MR) is 80.3 cm³/mol. The van der Waals surface area contributed by atoms with Crippen molar-refractivity contribution in [1.29, 1.82) is 0 Å². The van der Waals surface area contributed by atoms with Crippen molar-refractivity contribution in [3.63, 3.8) is 0 Å². The second-order valence-corrected chi connectivity index (χ2v) is 4.35. The van der Waals surface area contributed by atoms with Crippen LogP contribution in [0.25, 0.3) is 0 Å². The molecule has 0 aromatic heterocycles. The highest BCUT2D eigenvalue weighted by molar-refractivity contribution is 5.86. The number of para-hydroxylation sites is 1. The van der Waals surface area contributed by atoms with Crippen LogP contribution in [0.2, 0.25) is 0 Å². The molecule has 0 saturated carbocycles. The minimum Gasteiger partial charge on any atom is -0.493 e. The lowest BCUT2D eigenvalue weighted by atomic mass is 10.3. The average molecular weight is 301 g/mol. The van der Waals surface area contributed by atoms with E-state index in [4.69, 9.17) is 14.6 Å². The third-order valence-electron chi connectivity index (χ3n) is 2.62. The van der Waals surface area contributed by atoms with Gasteiger partial charge in [0.15, 0.2) is 0 Å². The summed E-state index contributed by atoms with van der Waals surface area (Å²) in [7, 11) is 0. The van der Waals surface area contributed by atoms with Crippen molar-refractivity contribution >= 4 is 17.7 Å². The molecule has 2 rings (SSSR count). The molecule has 0 aliphatic carbocycles. The van der Waals surface area contributed by atoms with Crippen molar-refractivity contribution < 1.29 is 24.2 Å². The van der Waals surface area contributed by atoms with Gasteiger partial charge in [0.1, 0.15) is 11.5 Å². The Hall–Kier alpha value is -3.02. The van der Waals surface area contributed by atoms with Crippen molar-refractivity contribution in [2.45, 2.75) is 6.42 Å². The molecule has 0 heterocycles. The van der Waals surface area contributed by atoms with Crippen LogP contribution in [0.5, 0.6) is 11.5 Å². The molecule has 0 spiro atoms. The molecule has 1 amide bonds. The van der Waals surface area contributed by atoms with Crippen LogP contribution in [0.4, 0.5) is 10.5 Å². The van der Waals surface area contributed by atoms with E-state index in [-0.39, 0.29) is 13.0 Å². The van der Waals surface area contributed by atoms with Crippen molar-refractivity contribution in [3.05, 3.63) is 54.6 Å². The van der Waals surface area contributed by atoms with Crippen LogP contribution in [0, 0.1) is 0 Å². The predicted octanol–water partition coefficient (Wildman–Crippen LogP) is 3.15. The van der Waals surface area contributed by atoms with Gasteiger partial charge in [0.05, 0.1) is 13.0 Å². The normalized spacial score (nSPS) is 9.82. The van der Waals surface area contributed by atoms with Crippen LogP contribution in [0.3, 0.4) is 0 Å². The number of carbonyl (C=O) groups excluding carboxylic acids is 1. The highest BCUT2D eigenvalue weighted by atomic mass is 16.6. The topological polar surface area (TPSA) is 84.9 Å². The lowest BCUT2D eigenvalue weighted by Crippen LogP contribution is -2.16. The van der Waals surface area contributed by atoms with E-state index >= 15 is 0 Å². The van der Waals surface area contributed by atoms with E-state index in [1.165, 1.54) is 6.07 Å². The van der Waals surface area contributed by atoms with E-state index in [1.54, 1.807) is 42.5 Å². The van der Waals surface area contributed by atoms with E-state index in [0.29, 0.717) is 17.2 Å². The van der Waals surface area contributed by atoms with Gasteiger partial charge < -0.3 is 14.6 Å². The molecule has 0 aliphatic rings. The number of ether oxygens (including phenoxy) is 2. The Balaban J connectivity index is 1.89. The maximum Gasteiger partial charge on any atom is 0.417 e. The highest BCUT2D eigenvalue weighted by Crippen LogP contribution is 2.20. The molecule has 2 N–H and O–H groups in total. The summed E-state index contributed by atoms with van der Waals surface area (Å²) in [6.07, 6.45) is -0.714. The number of nitrogens with one attached hydrogen (secondary N) is 1. The smallest absolute Gasteiger partial charge is 0.417 e. The lowest BCUT2D eigenvalue weighted by Gasteiger charge is -2.08. The van der Waals surface area contributed by atoms with Crippen LogP contribution in [-0.4, -0.2) is 23.8 Å². The van der Waals surface area contributed by atoms with Crippen LogP contribution in [-0.2, 0) is 4.79 Å². The van der Waals surface area contributed by atoms with E-state index in [2.05, 4.69) is 5.32 Å². The summed E-state index contributed by atoms with van der Waals surface area (Å²) in [6, 6.07) is 15.4. The zero-order valence-corrected chi connectivity index (χ0v) is 11.7. The first-order chi connectivity index (χ1) is 10.6. The standard InChI is InChI=1S/C16H15NO5/c18-15(19)9-10-21-13-7-4-8-14(11-13)22-16(20)17-12-5-2-1-3-6-12/h1-8,11H,9-10H2,(H,17,20)(H,18,19). The molecule has 6 nitrogen and oxygen atoms in total. The lowest BCUT2D eigenvalue weighted by molar-refractivity contribution is -0.137. The molecule has 0 saturated heterocycles. The van der Waals surface area contributed by atoms with Gasteiger partial charge in [-0.15, -0.1) is 0 Å². The summed E-state index contributed by atoms with van der Waals surface area (Å²) in [4.78, 5) is 22.2. The molecular weight excluding hydrogens is 286 g/mol. The van der Waals surface area contributed by atoms with Gasteiger partial charge in [-0.2, -0.15) is 0 Å². The first-order valence-corrected chi connectivity index (χ1v) is 6.62. The maximum atomic E-state index is 11.7. The number of rotatable bonds is 6. The number of benzene rings is 2. The van der Waals surface area contributed by atoms with E-state index in [9.17, 15) is 9.59 Å². The number of hydrogen-bond donors (Lipinski definition) is 2. The second-order valence-electron chi connectivity index (χ2n) is 4.35. The van der Waals surface area contributed by atoms with Gasteiger partial charge in [0.25, 0.3) is 0 Å². The summed E-state index contributed by atoms with van der Waals surface area (Å²) in [6.45, 7) is 0.0506. The van der Waals surface area contributed by atoms with E-state index in [1.807, 2.05) is 6.07 Å². The van der Waals surface area contributed by atoms with Crippen LogP contribution in [0.15, 0.2) is 54.6 Å². The third kappa shape index (κ3) is 5.16. The summed E-state index contributed by atoms with van der Waals surface area (Å²) < 4.78 is 10.4. The SMILES string of the molecule is O=C(O)CCOc1cccc(OC(=O)Nc2ccccc2)c1. The minimum atomic E-state index is -0.936. The van der Waals surface area contributed by atoms with Crippen molar-refractivity contribution in [2.75, 3.05) is 11.9 Å². The number of carbonyl (C=O) groups is 2. The fourth-order valence-corrected chi connectivity index (χ4v) is 1.66. The zero-order chi connectivity index (χ0) is 15.8. The van der Waals surface area contributed by atoms with Crippen LogP contribution >= 0.6 is 0 Å². The molecule has 0 atom stereocenters. The summed E-state index contributed by atoms with van der Waals surface area (Å²) in [5.41, 5.74) is 0.626. The number of carboxylic acid groups (broad SMARTS) is 1. The molecule has 114 valence electrons. The van der Waals surface area contributed by atoms with E-state index < -0.39 is 12.1 Å². The summed E-state index contributed by atoms with van der Waals surface area (Å²) in [5.74, 6) is -0.192. The Morgan fingerprint density at radius 2 is 1.73 bits per heavy atom. The molecule has 0 fully saturated rings. The molecular formula is C16H15NO5. The van der Waals surface area contributed by atoms with Gasteiger partial charge in [-0.25, -0.2) is 4.79 Å². The molecule has 6 heteroatoms. The largest absolute Gasteiger partial charge is 0.493 e. The van der Waals surface area contributed by atoms with Gasteiger partial charge in [-0.1, -0.05) is 24.3 Å². The first-order valence-electron chi connectivity index (χ1n) is 6.62. The van der Waals surface area contributed by atoms with Crippen molar-refractivity contribution in [2.24, 2.45) is 0 Å². The Kier molecular flexibility index (Phi) is 5.37. The molecule has 2 aromatic rings. The Morgan fingerprint density at radius 1 is 1.00 bits per heavy atom. The molecule has 0 aliphatic heterocycles. The summed E-state index contributed by atoms with van der Waals surface area (Å²) in [5, 5.41) is 11.1. The molecule has 22 heavy (non-hydrogen) atoms. The summed E-state index contributed by atoms with van der Waals surface area (Å²) >= 11 is 0.